The molecule has 2 heterocycles. The molecule has 1 saturated heterocycles. The third kappa shape index (κ3) is 2.33. The second-order valence-electron chi connectivity index (χ2n) is 4.71. The van der Waals surface area contributed by atoms with E-state index >= 15 is 0 Å². The molecular weight excluding hydrogens is 254 g/mol. The number of rotatable bonds is 3. The van der Waals surface area contributed by atoms with Crippen molar-refractivity contribution in [3.63, 3.8) is 0 Å². The van der Waals surface area contributed by atoms with Crippen molar-refractivity contribution in [1.82, 2.24) is 9.29 Å². The molecule has 1 atom stereocenters. The van der Waals surface area contributed by atoms with Gasteiger partial charge >= 0.3 is 0 Å². The van der Waals surface area contributed by atoms with Gasteiger partial charge in [0.1, 0.15) is 4.90 Å². The number of aliphatic hydroxyl groups is 1. The molecule has 18 heavy (non-hydrogen) atoms. The van der Waals surface area contributed by atoms with Gasteiger partial charge in [-0.1, -0.05) is 0 Å². The Morgan fingerprint density at radius 1 is 1.56 bits per heavy atom. The van der Waals surface area contributed by atoms with Crippen molar-refractivity contribution in [3.05, 3.63) is 18.5 Å². The van der Waals surface area contributed by atoms with Crippen molar-refractivity contribution in [2.45, 2.75) is 23.8 Å². The molecule has 1 aromatic rings. The van der Waals surface area contributed by atoms with Crippen molar-refractivity contribution in [1.29, 1.82) is 0 Å². The lowest BCUT2D eigenvalue weighted by molar-refractivity contribution is 0.0762. The Morgan fingerprint density at radius 3 is 2.83 bits per heavy atom. The number of anilines is 1. The molecule has 7 heteroatoms. The molecule has 100 valence electrons. The normalized spacial score (nSPS) is 25.3. The smallest absolute Gasteiger partial charge is 0.246 e. The second-order valence-corrected chi connectivity index (χ2v) is 6.61. The molecule has 1 aliphatic heterocycles. The lowest BCUT2D eigenvalue weighted by Crippen LogP contribution is -2.34. The van der Waals surface area contributed by atoms with Crippen LogP contribution in [-0.4, -0.2) is 48.6 Å². The van der Waals surface area contributed by atoms with Crippen LogP contribution >= 0.6 is 0 Å². The summed E-state index contributed by atoms with van der Waals surface area (Å²) < 4.78 is 26.2. The maximum atomic E-state index is 12.4. The Morgan fingerprint density at radius 2 is 2.28 bits per heavy atom. The zero-order valence-electron chi connectivity index (χ0n) is 10.4. The van der Waals surface area contributed by atoms with Gasteiger partial charge in [-0.25, -0.2) is 8.42 Å². The molecule has 0 bridgehead atoms. The van der Waals surface area contributed by atoms with Gasteiger partial charge in [-0.2, -0.15) is 4.31 Å². The number of nitrogens with zero attached hydrogens (tertiary/aromatic N) is 2. The summed E-state index contributed by atoms with van der Waals surface area (Å²) >= 11 is 0. The molecule has 2 N–H and O–H groups in total. The summed E-state index contributed by atoms with van der Waals surface area (Å²) in [6.45, 7) is 2.09. The molecule has 2 rings (SSSR count). The Balaban J connectivity index is 2.38. The maximum absolute atomic E-state index is 12.4. The first kappa shape index (κ1) is 13.3. The van der Waals surface area contributed by atoms with Gasteiger partial charge in [-0.15, -0.1) is 0 Å². The number of hydrogen-bond donors (Lipinski definition) is 2. The van der Waals surface area contributed by atoms with Gasteiger partial charge in [0.25, 0.3) is 0 Å². The van der Waals surface area contributed by atoms with E-state index in [1.807, 2.05) is 0 Å². The van der Waals surface area contributed by atoms with Crippen LogP contribution in [0.1, 0.15) is 13.3 Å². The van der Waals surface area contributed by atoms with Crippen LogP contribution in [0, 0.1) is 0 Å². The van der Waals surface area contributed by atoms with E-state index in [4.69, 9.17) is 0 Å². The minimum atomic E-state index is -3.60. The zero-order valence-corrected chi connectivity index (χ0v) is 11.2. The number of hydrogen-bond acceptors (Lipinski definition) is 5. The Bertz CT molecular complexity index is 542. The van der Waals surface area contributed by atoms with Crippen molar-refractivity contribution < 1.29 is 13.5 Å². The summed E-state index contributed by atoms with van der Waals surface area (Å²) in [7, 11) is -1.94. The highest BCUT2D eigenvalue weighted by Gasteiger charge is 2.39. The average molecular weight is 271 g/mol. The minimum Gasteiger partial charge on any atom is -0.389 e. The van der Waals surface area contributed by atoms with Crippen LogP contribution in [0.4, 0.5) is 5.69 Å². The van der Waals surface area contributed by atoms with Crippen LogP contribution < -0.4 is 5.32 Å². The van der Waals surface area contributed by atoms with Crippen LogP contribution in [0.3, 0.4) is 0 Å². The molecule has 0 radical (unpaired) electrons. The highest BCUT2D eigenvalue weighted by molar-refractivity contribution is 7.89. The average Bonchev–Trinajstić information content (AvgIpc) is 2.70. The first-order valence-corrected chi connectivity index (χ1v) is 7.15. The maximum Gasteiger partial charge on any atom is 0.246 e. The molecule has 1 fully saturated rings. The largest absolute Gasteiger partial charge is 0.389 e. The van der Waals surface area contributed by atoms with Gasteiger partial charge in [-0.3, -0.25) is 4.98 Å². The summed E-state index contributed by atoms with van der Waals surface area (Å²) in [6, 6.07) is 1.61. The Kier molecular flexibility index (Phi) is 3.31. The van der Waals surface area contributed by atoms with Gasteiger partial charge in [0.15, 0.2) is 0 Å². The van der Waals surface area contributed by atoms with E-state index in [1.54, 1.807) is 20.0 Å². The fraction of sp³-hybridized carbons (Fsp3) is 0.545. The molecule has 1 aliphatic rings. The molecule has 0 spiro atoms. The summed E-state index contributed by atoms with van der Waals surface area (Å²) in [5.41, 5.74) is -0.439. The van der Waals surface area contributed by atoms with Crippen LogP contribution in [0.25, 0.3) is 0 Å². The Labute approximate surface area is 107 Å². The zero-order chi connectivity index (χ0) is 13.4. The van der Waals surface area contributed by atoms with E-state index in [0.29, 0.717) is 18.7 Å². The van der Waals surface area contributed by atoms with E-state index in [-0.39, 0.29) is 11.4 Å². The summed E-state index contributed by atoms with van der Waals surface area (Å²) in [6.07, 6.45) is 3.31. The number of β-amino-alcohol motifs (C(OH)–C–C–N with tert-alkyl or cyclic N) is 1. The molecule has 0 amide bonds. The molecule has 1 unspecified atom stereocenters. The standard InChI is InChI=1S/C11H17N3O3S/c1-11(15)4-6-14(8-11)18(16,17)10-7-13-5-3-9(10)12-2/h3,5,7,15H,4,6,8H2,1-2H3,(H,12,13). The second kappa shape index (κ2) is 4.49. The van der Waals surface area contributed by atoms with Gasteiger partial charge in [0, 0.05) is 32.5 Å². The predicted molar refractivity (Wildman–Crippen MR) is 67.8 cm³/mol. The van der Waals surface area contributed by atoms with Crippen molar-refractivity contribution in [3.8, 4) is 0 Å². The Hall–Kier alpha value is -1.18. The summed E-state index contributed by atoms with van der Waals surface area (Å²) in [5, 5.41) is 12.7. The van der Waals surface area contributed by atoms with E-state index in [2.05, 4.69) is 10.3 Å². The molecule has 6 nitrogen and oxygen atoms in total. The van der Waals surface area contributed by atoms with Gasteiger partial charge in [0.2, 0.25) is 10.0 Å². The van der Waals surface area contributed by atoms with Crippen LogP contribution in [0.2, 0.25) is 0 Å². The predicted octanol–water partition coefficient (Wildman–Crippen LogP) is 0.269. The summed E-state index contributed by atoms with van der Waals surface area (Å²) in [4.78, 5) is 4.00. The molecule has 1 aromatic heterocycles. The SMILES string of the molecule is CNc1ccncc1S(=O)(=O)N1CCC(C)(O)C1. The van der Waals surface area contributed by atoms with Gasteiger partial charge in [-0.05, 0) is 19.4 Å². The molecule has 0 aromatic carbocycles. The minimum absolute atomic E-state index is 0.118. The first-order chi connectivity index (χ1) is 8.37. The highest BCUT2D eigenvalue weighted by atomic mass is 32.2. The van der Waals surface area contributed by atoms with Gasteiger partial charge in [0.05, 0.1) is 11.3 Å². The van der Waals surface area contributed by atoms with Crippen LogP contribution in [0.5, 0.6) is 0 Å². The molecular formula is C11H17N3O3S. The quantitative estimate of drug-likeness (QED) is 0.824. The van der Waals surface area contributed by atoms with E-state index < -0.39 is 15.6 Å². The van der Waals surface area contributed by atoms with Crippen molar-refractivity contribution >= 4 is 15.7 Å². The highest BCUT2D eigenvalue weighted by Crippen LogP contribution is 2.29. The van der Waals surface area contributed by atoms with E-state index in [0.717, 1.165) is 0 Å². The van der Waals surface area contributed by atoms with Crippen LogP contribution in [-0.2, 0) is 10.0 Å². The van der Waals surface area contributed by atoms with Crippen LogP contribution in [0.15, 0.2) is 23.4 Å². The number of pyridine rings is 1. The first-order valence-electron chi connectivity index (χ1n) is 5.71. The van der Waals surface area contributed by atoms with E-state index in [1.165, 1.54) is 16.7 Å². The van der Waals surface area contributed by atoms with E-state index in [9.17, 15) is 13.5 Å². The number of aromatic nitrogens is 1. The fourth-order valence-corrected chi connectivity index (χ4v) is 3.74. The lowest BCUT2D eigenvalue weighted by atomic mass is 10.1. The fourth-order valence-electron chi connectivity index (χ4n) is 2.04. The third-order valence-electron chi connectivity index (χ3n) is 3.09. The topological polar surface area (TPSA) is 82.5 Å². The molecule has 0 saturated carbocycles. The van der Waals surface area contributed by atoms with Crippen molar-refractivity contribution in [2.75, 3.05) is 25.5 Å². The summed E-state index contributed by atoms with van der Waals surface area (Å²) in [5.74, 6) is 0. The number of nitrogens with one attached hydrogen (secondary N) is 1. The monoisotopic (exact) mass is 271 g/mol. The van der Waals surface area contributed by atoms with Gasteiger partial charge < -0.3 is 10.4 Å². The lowest BCUT2D eigenvalue weighted by Gasteiger charge is -2.20. The number of sulfonamides is 1. The molecule has 0 aliphatic carbocycles. The van der Waals surface area contributed by atoms with Crippen molar-refractivity contribution in [2.24, 2.45) is 0 Å². The third-order valence-corrected chi connectivity index (χ3v) is 4.96.